The van der Waals surface area contributed by atoms with Crippen molar-refractivity contribution in [2.75, 3.05) is 25.5 Å². The Labute approximate surface area is 165 Å². The van der Waals surface area contributed by atoms with Gasteiger partial charge in [-0.2, -0.15) is 0 Å². The molecule has 0 radical (unpaired) electrons. The molecule has 28 heavy (non-hydrogen) atoms. The van der Waals surface area contributed by atoms with Crippen molar-refractivity contribution in [3.63, 3.8) is 0 Å². The zero-order valence-electron chi connectivity index (χ0n) is 16.0. The number of ether oxygens (including phenoxy) is 1. The number of nitrogens with zero attached hydrogens (tertiary/aromatic N) is 1. The molecule has 3 aromatic rings. The summed E-state index contributed by atoms with van der Waals surface area (Å²) in [5.74, 6) is -0.228. The highest BCUT2D eigenvalue weighted by atomic mass is 16.5. The number of esters is 1. The number of fused-ring (bicyclic) bond motifs is 1. The maximum Gasteiger partial charge on any atom is 0.327 e. The third-order valence-corrected chi connectivity index (χ3v) is 5.21. The SMILES string of the molecule is COC(=O)C(c1ccccc1)N1CCNc2ccc(-c3ccccc3)cc2C1. The van der Waals surface area contributed by atoms with Crippen LogP contribution in [0.15, 0.2) is 78.9 Å². The second-order valence-electron chi connectivity index (χ2n) is 6.97. The number of carbonyl (C=O) groups excluding carboxylic acids is 1. The van der Waals surface area contributed by atoms with E-state index in [1.165, 1.54) is 23.8 Å². The van der Waals surface area contributed by atoms with Gasteiger partial charge in [-0.15, -0.1) is 0 Å². The van der Waals surface area contributed by atoms with Gasteiger partial charge in [-0.05, 0) is 34.4 Å². The van der Waals surface area contributed by atoms with Crippen molar-refractivity contribution in [2.45, 2.75) is 12.6 Å². The minimum atomic E-state index is -0.417. The van der Waals surface area contributed by atoms with Gasteiger partial charge in [0, 0.05) is 25.3 Å². The molecule has 1 aliphatic heterocycles. The lowest BCUT2D eigenvalue weighted by molar-refractivity contribution is -0.147. The highest BCUT2D eigenvalue weighted by molar-refractivity contribution is 5.78. The highest BCUT2D eigenvalue weighted by Gasteiger charge is 2.30. The van der Waals surface area contributed by atoms with Gasteiger partial charge in [-0.1, -0.05) is 66.7 Å². The molecule has 0 spiro atoms. The van der Waals surface area contributed by atoms with Gasteiger partial charge in [0.2, 0.25) is 0 Å². The molecule has 1 heterocycles. The van der Waals surface area contributed by atoms with Crippen LogP contribution in [0.2, 0.25) is 0 Å². The first-order valence-electron chi connectivity index (χ1n) is 9.55. The normalized spacial score (nSPS) is 15.0. The van der Waals surface area contributed by atoms with Crippen LogP contribution in [0.1, 0.15) is 17.2 Å². The number of nitrogens with one attached hydrogen (secondary N) is 1. The fourth-order valence-corrected chi connectivity index (χ4v) is 3.80. The average Bonchev–Trinajstić information content (AvgIpc) is 2.97. The van der Waals surface area contributed by atoms with Crippen LogP contribution >= 0.6 is 0 Å². The smallest absolute Gasteiger partial charge is 0.327 e. The maximum absolute atomic E-state index is 12.6. The van der Waals surface area contributed by atoms with E-state index in [4.69, 9.17) is 4.74 Å². The van der Waals surface area contributed by atoms with Crippen molar-refractivity contribution in [1.29, 1.82) is 0 Å². The summed E-state index contributed by atoms with van der Waals surface area (Å²) in [6.45, 7) is 2.21. The van der Waals surface area contributed by atoms with E-state index in [9.17, 15) is 4.79 Å². The molecule has 4 rings (SSSR count). The van der Waals surface area contributed by atoms with Crippen LogP contribution in [0, 0.1) is 0 Å². The third-order valence-electron chi connectivity index (χ3n) is 5.21. The van der Waals surface area contributed by atoms with Gasteiger partial charge in [-0.25, -0.2) is 4.79 Å². The minimum absolute atomic E-state index is 0.228. The lowest BCUT2D eigenvalue weighted by Gasteiger charge is -2.28. The standard InChI is InChI=1S/C24H24N2O2/c1-28-24(27)23(19-10-6-3-7-11-19)26-15-14-25-22-13-12-20(16-21(22)17-26)18-8-4-2-5-9-18/h2-13,16,23,25H,14-15,17H2,1H3. The van der Waals surface area contributed by atoms with E-state index >= 15 is 0 Å². The first-order chi connectivity index (χ1) is 13.8. The molecule has 0 amide bonds. The molecule has 1 unspecified atom stereocenters. The molecule has 0 aliphatic carbocycles. The van der Waals surface area contributed by atoms with Crippen LogP contribution in [0.3, 0.4) is 0 Å². The molecular weight excluding hydrogens is 348 g/mol. The molecule has 142 valence electrons. The lowest BCUT2D eigenvalue weighted by Crippen LogP contribution is -2.36. The second kappa shape index (κ2) is 8.28. The number of benzene rings is 3. The molecule has 0 saturated heterocycles. The van der Waals surface area contributed by atoms with E-state index < -0.39 is 6.04 Å². The van der Waals surface area contributed by atoms with Crippen molar-refractivity contribution < 1.29 is 9.53 Å². The minimum Gasteiger partial charge on any atom is -0.468 e. The third kappa shape index (κ3) is 3.78. The summed E-state index contributed by atoms with van der Waals surface area (Å²) in [5.41, 5.74) is 5.63. The van der Waals surface area contributed by atoms with E-state index in [-0.39, 0.29) is 5.97 Å². The zero-order valence-corrected chi connectivity index (χ0v) is 16.0. The molecule has 4 heteroatoms. The Morgan fingerprint density at radius 3 is 2.39 bits per heavy atom. The molecule has 3 aromatic carbocycles. The maximum atomic E-state index is 12.6. The van der Waals surface area contributed by atoms with Gasteiger partial charge in [0.05, 0.1) is 7.11 Å². The molecule has 1 aliphatic rings. The van der Waals surface area contributed by atoms with Crippen molar-refractivity contribution in [2.24, 2.45) is 0 Å². The van der Waals surface area contributed by atoms with Crippen molar-refractivity contribution in [3.8, 4) is 11.1 Å². The molecule has 0 aromatic heterocycles. The van der Waals surface area contributed by atoms with Gasteiger partial charge in [0.1, 0.15) is 6.04 Å². The highest BCUT2D eigenvalue weighted by Crippen LogP contribution is 2.31. The van der Waals surface area contributed by atoms with Gasteiger partial charge in [0.25, 0.3) is 0 Å². The average molecular weight is 372 g/mol. The Kier molecular flexibility index (Phi) is 5.40. The Morgan fingerprint density at radius 2 is 1.68 bits per heavy atom. The van der Waals surface area contributed by atoms with Crippen molar-refractivity contribution >= 4 is 11.7 Å². The topological polar surface area (TPSA) is 41.6 Å². The number of rotatable bonds is 4. The first-order valence-corrected chi connectivity index (χ1v) is 9.55. The number of anilines is 1. The summed E-state index contributed by atoms with van der Waals surface area (Å²) in [6, 6.07) is 26.3. The summed E-state index contributed by atoms with van der Waals surface area (Å²) in [7, 11) is 1.45. The van der Waals surface area contributed by atoms with Crippen LogP contribution in [0.4, 0.5) is 5.69 Å². The fourth-order valence-electron chi connectivity index (χ4n) is 3.80. The molecule has 1 N–H and O–H groups in total. The monoisotopic (exact) mass is 372 g/mol. The Hall–Kier alpha value is -3.11. The quantitative estimate of drug-likeness (QED) is 0.685. The van der Waals surface area contributed by atoms with Gasteiger partial charge < -0.3 is 10.1 Å². The van der Waals surface area contributed by atoms with Gasteiger partial charge in [-0.3, -0.25) is 4.90 Å². The summed E-state index contributed by atoms with van der Waals surface area (Å²) in [6.07, 6.45) is 0. The van der Waals surface area contributed by atoms with Gasteiger partial charge in [0.15, 0.2) is 0 Å². The number of carbonyl (C=O) groups is 1. The van der Waals surface area contributed by atoms with Crippen molar-refractivity contribution in [1.82, 2.24) is 4.90 Å². The lowest BCUT2D eigenvalue weighted by atomic mass is 10.0. The van der Waals surface area contributed by atoms with Crippen LogP contribution in [-0.2, 0) is 16.1 Å². The van der Waals surface area contributed by atoms with E-state index in [0.717, 1.165) is 24.3 Å². The molecule has 0 fully saturated rings. The summed E-state index contributed by atoms with van der Waals surface area (Å²) in [4.78, 5) is 14.8. The number of hydrogen-bond acceptors (Lipinski definition) is 4. The summed E-state index contributed by atoms with van der Waals surface area (Å²) in [5, 5.41) is 3.50. The predicted octanol–water partition coefficient (Wildman–Crippen LogP) is 4.50. The fraction of sp³-hybridized carbons (Fsp3) is 0.208. The molecule has 4 nitrogen and oxygen atoms in total. The molecule has 0 bridgehead atoms. The Balaban J connectivity index is 1.69. The van der Waals surface area contributed by atoms with E-state index in [2.05, 4.69) is 40.5 Å². The molecular formula is C24H24N2O2. The van der Waals surface area contributed by atoms with E-state index in [1.54, 1.807) is 0 Å². The summed E-state index contributed by atoms with van der Waals surface area (Å²) >= 11 is 0. The van der Waals surface area contributed by atoms with Crippen LogP contribution in [-0.4, -0.2) is 31.1 Å². The van der Waals surface area contributed by atoms with Crippen LogP contribution in [0.5, 0.6) is 0 Å². The van der Waals surface area contributed by atoms with E-state index in [1.807, 2.05) is 48.5 Å². The molecule has 1 atom stereocenters. The van der Waals surface area contributed by atoms with Gasteiger partial charge >= 0.3 is 5.97 Å². The Bertz CT molecular complexity index is 941. The Morgan fingerprint density at radius 1 is 0.964 bits per heavy atom. The van der Waals surface area contributed by atoms with Crippen LogP contribution < -0.4 is 5.32 Å². The van der Waals surface area contributed by atoms with E-state index in [0.29, 0.717) is 6.54 Å². The second-order valence-corrected chi connectivity index (χ2v) is 6.97. The van der Waals surface area contributed by atoms with Crippen molar-refractivity contribution in [3.05, 3.63) is 90.0 Å². The largest absolute Gasteiger partial charge is 0.468 e. The number of methoxy groups -OCH3 is 1. The van der Waals surface area contributed by atoms with Crippen LogP contribution in [0.25, 0.3) is 11.1 Å². The summed E-state index contributed by atoms with van der Waals surface area (Å²) < 4.78 is 5.14. The zero-order chi connectivity index (χ0) is 19.3. The first kappa shape index (κ1) is 18.3. The molecule has 0 saturated carbocycles. The predicted molar refractivity (Wildman–Crippen MR) is 112 cm³/mol. The number of hydrogen-bond donors (Lipinski definition) is 1.